The molecule has 0 saturated carbocycles. The maximum atomic E-state index is 12.5. The van der Waals surface area contributed by atoms with Crippen LogP contribution < -0.4 is 15.4 Å². The summed E-state index contributed by atoms with van der Waals surface area (Å²) in [5, 5.41) is 9.58. The van der Waals surface area contributed by atoms with Crippen molar-refractivity contribution < 1.29 is 9.53 Å². The van der Waals surface area contributed by atoms with Crippen LogP contribution in [0.5, 0.6) is 5.75 Å². The fourth-order valence-corrected chi connectivity index (χ4v) is 4.31. The molecule has 0 aliphatic carbocycles. The van der Waals surface area contributed by atoms with Crippen molar-refractivity contribution in [3.63, 3.8) is 0 Å². The number of hydrogen-bond donors (Lipinski definition) is 2. The van der Waals surface area contributed by atoms with E-state index in [0.29, 0.717) is 6.54 Å². The minimum atomic E-state index is -0.164. The number of carbonyl (C=O) groups excluding carboxylic acids is 1. The van der Waals surface area contributed by atoms with Gasteiger partial charge in [-0.25, -0.2) is 4.79 Å². The predicted octanol–water partition coefficient (Wildman–Crippen LogP) is 4.44. The van der Waals surface area contributed by atoms with Gasteiger partial charge in [-0.05, 0) is 67.5 Å². The molecule has 0 aliphatic rings. The van der Waals surface area contributed by atoms with Gasteiger partial charge in [0, 0.05) is 17.3 Å². The number of fused-ring (bicyclic) bond motifs is 1. The van der Waals surface area contributed by atoms with Gasteiger partial charge in [-0.1, -0.05) is 30.3 Å². The van der Waals surface area contributed by atoms with Crippen LogP contribution in [0.1, 0.15) is 24.1 Å². The number of carbonyl (C=O) groups is 1. The molecule has 0 aliphatic heterocycles. The third kappa shape index (κ3) is 5.49. The smallest absolute Gasteiger partial charge is 0.315 e. The molecule has 2 amide bonds. The lowest BCUT2D eigenvalue weighted by atomic mass is 10.0. The molecule has 3 rings (SSSR count). The first-order chi connectivity index (χ1) is 14.0. The number of rotatable bonds is 8. The normalized spacial score (nSPS) is 13.3. The summed E-state index contributed by atoms with van der Waals surface area (Å²) >= 11 is 1.77. The maximum Gasteiger partial charge on any atom is 0.315 e. The van der Waals surface area contributed by atoms with Crippen LogP contribution in [-0.2, 0) is 6.42 Å². The first-order valence-electron chi connectivity index (χ1n) is 9.77. The highest BCUT2D eigenvalue weighted by atomic mass is 32.1. The van der Waals surface area contributed by atoms with Crippen LogP contribution in [0.25, 0.3) is 10.1 Å². The number of thiophene rings is 1. The second-order valence-electron chi connectivity index (χ2n) is 7.43. The lowest BCUT2D eigenvalue weighted by molar-refractivity contribution is 0.229. The van der Waals surface area contributed by atoms with E-state index in [-0.39, 0.29) is 18.1 Å². The van der Waals surface area contributed by atoms with Crippen LogP contribution in [0.4, 0.5) is 4.79 Å². The van der Waals surface area contributed by atoms with Gasteiger partial charge in [-0.15, -0.1) is 11.3 Å². The topological polar surface area (TPSA) is 53.6 Å². The van der Waals surface area contributed by atoms with Crippen molar-refractivity contribution in [2.45, 2.75) is 25.4 Å². The van der Waals surface area contributed by atoms with Crippen molar-refractivity contribution >= 4 is 27.5 Å². The van der Waals surface area contributed by atoms with E-state index in [1.165, 1.54) is 15.6 Å². The zero-order valence-corrected chi connectivity index (χ0v) is 18.3. The first kappa shape index (κ1) is 21.1. The van der Waals surface area contributed by atoms with Crippen molar-refractivity contribution in [3.8, 4) is 5.75 Å². The van der Waals surface area contributed by atoms with Crippen LogP contribution in [0.3, 0.4) is 0 Å². The Bertz CT molecular complexity index is 954. The molecule has 0 spiro atoms. The summed E-state index contributed by atoms with van der Waals surface area (Å²) in [6.45, 7) is 2.54. The van der Waals surface area contributed by atoms with Gasteiger partial charge in [0.15, 0.2) is 0 Å². The SMILES string of the molecule is COc1cccc(C(C)NC(=O)NCC(Cc2csc3ccccc23)N(C)C)c1. The van der Waals surface area contributed by atoms with Crippen molar-refractivity contribution in [2.24, 2.45) is 0 Å². The highest BCUT2D eigenvalue weighted by Gasteiger charge is 2.17. The first-order valence-corrected chi connectivity index (χ1v) is 10.7. The number of urea groups is 1. The van der Waals surface area contributed by atoms with Gasteiger partial charge in [0.05, 0.1) is 13.2 Å². The van der Waals surface area contributed by atoms with E-state index < -0.39 is 0 Å². The van der Waals surface area contributed by atoms with Crippen LogP contribution in [0.15, 0.2) is 53.9 Å². The highest BCUT2D eigenvalue weighted by molar-refractivity contribution is 7.17. The Morgan fingerprint density at radius 1 is 1.17 bits per heavy atom. The molecule has 0 saturated heterocycles. The molecule has 3 aromatic rings. The zero-order chi connectivity index (χ0) is 20.8. The summed E-state index contributed by atoms with van der Waals surface area (Å²) in [6.07, 6.45) is 0.892. The molecule has 2 N–H and O–H groups in total. The molecule has 0 fully saturated rings. The third-order valence-corrected chi connectivity index (χ3v) is 6.20. The number of ether oxygens (including phenoxy) is 1. The largest absolute Gasteiger partial charge is 0.497 e. The molecular formula is C23H29N3O2S. The molecular weight excluding hydrogens is 382 g/mol. The fourth-order valence-electron chi connectivity index (χ4n) is 3.33. The number of nitrogens with one attached hydrogen (secondary N) is 2. The van der Waals surface area contributed by atoms with Gasteiger partial charge in [0.25, 0.3) is 0 Å². The quantitative estimate of drug-likeness (QED) is 0.576. The summed E-state index contributed by atoms with van der Waals surface area (Å²) in [5.74, 6) is 0.784. The number of benzene rings is 2. The van der Waals surface area contributed by atoms with Gasteiger partial charge in [0.1, 0.15) is 5.75 Å². The minimum absolute atomic E-state index is 0.108. The van der Waals surface area contributed by atoms with E-state index >= 15 is 0 Å². The summed E-state index contributed by atoms with van der Waals surface area (Å²) in [7, 11) is 5.75. The second-order valence-corrected chi connectivity index (χ2v) is 8.34. The Kier molecular flexibility index (Phi) is 7.12. The Hall–Kier alpha value is -2.57. The summed E-state index contributed by atoms with van der Waals surface area (Å²) in [6, 6.07) is 16.2. The fraction of sp³-hybridized carbons (Fsp3) is 0.348. The van der Waals surface area contributed by atoms with E-state index in [9.17, 15) is 4.79 Å². The van der Waals surface area contributed by atoms with E-state index in [1.54, 1.807) is 18.4 Å². The minimum Gasteiger partial charge on any atom is -0.497 e. The van der Waals surface area contributed by atoms with Gasteiger partial charge in [-0.2, -0.15) is 0 Å². The van der Waals surface area contributed by atoms with Crippen LogP contribution in [0.2, 0.25) is 0 Å². The van der Waals surface area contributed by atoms with Crippen molar-refractivity contribution in [1.82, 2.24) is 15.5 Å². The van der Waals surface area contributed by atoms with E-state index in [0.717, 1.165) is 17.7 Å². The number of hydrogen-bond acceptors (Lipinski definition) is 4. The Balaban J connectivity index is 1.57. The van der Waals surface area contributed by atoms with E-state index in [4.69, 9.17) is 4.74 Å². The molecule has 1 heterocycles. The van der Waals surface area contributed by atoms with Gasteiger partial charge < -0.3 is 20.3 Å². The number of methoxy groups -OCH3 is 1. The number of likely N-dealkylation sites (N-methyl/N-ethyl adjacent to an activating group) is 1. The second kappa shape index (κ2) is 9.76. The maximum absolute atomic E-state index is 12.5. The molecule has 2 aromatic carbocycles. The van der Waals surface area contributed by atoms with Crippen molar-refractivity contribution in [2.75, 3.05) is 27.7 Å². The lowest BCUT2D eigenvalue weighted by Gasteiger charge is -2.25. The lowest BCUT2D eigenvalue weighted by Crippen LogP contribution is -2.45. The standard InChI is InChI=1S/C23H29N3O2S/c1-16(17-8-7-9-20(13-17)28-4)25-23(27)24-14-19(26(2)3)12-18-15-29-22-11-6-5-10-21(18)22/h5-11,13,15-16,19H,12,14H2,1-4H3,(H2,24,25,27). The van der Waals surface area contributed by atoms with Gasteiger partial charge in [-0.3, -0.25) is 0 Å². The molecule has 29 heavy (non-hydrogen) atoms. The molecule has 5 nitrogen and oxygen atoms in total. The highest BCUT2D eigenvalue weighted by Crippen LogP contribution is 2.27. The monoisotopic (exact) mass is 411 g/mol. The Morgan fingerprint density at radius 3 is 2.72 bits per heavy atom. The van der Waals surface area contributed by atoms with E-state index in [2.05, 4.69) is 59.3 Å². The zero-order valence-electron chi connectivity index (χ0n) is 17.4. The van der Waals surface area contributed by atoms with E-state index in [1.807, 2.05) is 31.2 Å². The summed E-state index contributed by atoms with van der Waals surface area (Å²) in [4.78, 5) is 14.6. The average molecular weight is 412 g/mol. The van der Waals surface area contributed by atoms with Crippen LogP contribution in [0, 0.1) is 0 Å². The molecule has 1 aromatic heterocycles. The van der Waals surface area contributed by atoms with Crippen molar-refractivity contribution in [3.05, 3.63) is 65.0 Å². The molecule has 0 bridgehead atoms. The summed E-state index contributed by atoms with van der Waals surface area (Å²) in [5.41, 5.74) is 2.34. The molecule has 2 unspecified atom stereocenters. The van der Waals surface area contributed by atoms with Gasteiger partial charge in [0.2, 0.25) is 0 Å². The molecule has 0 radical (unpaired) electrons. The van der Waals surface area contributed by atoms with Crippen LogP contribution in [-0.4, -0.2) is 44.7 Å². The number of amides is 2. The van der Waals surface area contributed by atoms with Gasteiger partial charge >= 0.3 is 6.03 Å². The molecule has 6 heteroatoms. The van der Waals surface area contributed by atoms with Crippen LogP contribution >= 0.6 is 11.3 Å². The molecule has 154 valence electrons. The van der Waals surface area contributed by atoms with Crippen molar-refractivity contribution in [1.29, 1.82) is 0 Å². The predicted molar refractivity (Wildman–Crippen MR) is 121 cm³/mol. The summed E-state index contributed by atoms with van der Waals surface area (Å²) < 4.78 is 6.57. The average Bonchev–Trinajstić information content (AvgIpc) is 3.13. The number of nitrogens with zero attached hydrogens (tertiary/aromatic N) is 1. The Morgan fingerprint density at radius 2 is 1.97 bits per heavy atom. The molecule has 2 atom stereocenters. The Labute approximate surface area is 176 Å². The third-order valence-electron chi connectivity index (χ3n) is 5.19.